The van der Waals surface area contributed by atoms with Gasteiger partial charge in [-0.3, -0.25) is 0 Å². The Labute approximate surface area is 127 Å². The number of hydrogen-bond donors (Lipinski definition) is 1. The molecule has 2 heteroatoms. The Hall–Kier alpha value is -0.0800. The van der Waals surface area contributed by atoms with Gasteiger partial charge in [-0.15, -0.1) is 0 Å². The zero-order valence-corrected chi connectivity index (χ0v) is 14.8. The first-order chi connectivity index (χ1) is 9.40. The van der Waals surface area contributed by atoms with Crippen molar-refractivity contribution in [1.29, 1.82) is 0 Å². The van der Waals surface area contributed by atoms with E-state index in [1.165, 1.54) is 51.7 Å². The maximum atomic E-state index is 3.71. The minimum Gasteiger partial charge on any atom is -0.316 e. The highest BCUT2D eigenvalue weighted by atomic mass is 15.1. The van der Waals surface area contributed by atoms with Gasteiger partial charge in [-0.1, -0.05) is 40.5 Å². The Balaban J connectivity index is 2.62. The molecule has 1 atom stereocenters. The van der Waals surface area contributed by atoms with Gasteiger partial charge in [0.25, 0.3) is 0 Å². The summed E-state index contributed by atoms with van der Waals surface area (Å²) in [6.45, 7) is 15.4. The van der Waals surface area contributed by atoms with Gasteiger partial charge in [-0.2, -0.15) is 0 Å². The van der Waals surface area contributed by atoms with E-state index >= 15 is 0 Å². The molecule has 0 aromatic rings. The van der Waals surface area contributed by atoms with Crippen molar-refractivity contribution in [2.75, 3.05) is 26.7 Å². The first kappa shape index (κ1) is 18.0. The van der Waals surface area contributed by atoms with E-state index in [2.05, 4.69) is 51.9 Å². The lowest BCUT2D eigenvalue weighted by Gasteiger charge is -2.44. The second-order valence-electron chi connectivity index (χ2n) is 7.76. The molecule has 1 saturated carbocycles. The standard InChI is InChI=1S/C18H38N2/c1-7-12-19-13-18(10-8-16(4)9-11-18)14-20(6)17(5)15(2)3/h15-17,19H,7-14H2,1-6H3. The molecule has 0 radical (unpaired) electrons. The maximum Gasteiger partial charge on any atom is 0.00871 e. The largest absolute Gasteiger partial charge is 0.316 e. The van der Waals surface area contributed by atoms with Crippen LogP contribution >= 0.6 is 0 Å². The average Bonchev–Trinajstić information content (AvgIpc) is 2.41. The van der Waals surface area contributed by atoms with Crippen LogP contribution in [0.2, 0.25) is 0 Å². The molecular weight excluding hydrogens is 244 g/mol. The summed E-state index contributed by atoms with van der Waals surface area (Å²) >= 11 is 0. The summed E-state index contributed by atoms with van der Waals surface area (Å²) in [6.07, 6.45) is 6.88. The average molecular weight is 283 g/mol. The number of rotatable bonds is 8. The van der Waals surface area contributed by atoms with Crippen LogP contribution in [0.25, 0.3) is 0 Å². The molecule has 0 amide bonds. The predicted molar refractivity (Wildman–Crippen MR) is 90.2 cm³/mol. The van der Waals surface area contributed by atoms with Gasteiger partial charge in [0, 0.05) is 19.1 Å². The van der Waals surface area contributed by atoms with E-state index in [0.29, 0.717) is 11.5 Å². The molecule has 1 aliphatic carbocycles. The van der Waals surface area contributed by atoms with Crippen molar-refractivity contribution in [2.45, 2.75) is 72.8 Å². The zero-order chi connectivity index (χ0) is 15.2. The highest BCUT2D eigenvalue weighted by Crippen LogP contribution is 2.39. The molecule has 1 unspecified atom stereocenters. The lowest BCUT2D eigenvalue weighted by Crippen LogP contribution is -2.48. The molecule has 1 rings (SSSR count). The van der Waals surface area contributed by atoms with Crippen molar-refractivity contribution in [2.24, 2.45) is 17.3 Å². The maximum absolute atomic E-state index is 3.71. The van der Waals surface area contributed by atoms with Gasteiger partial charge in [0.05, 0.1) is 0 Å². The van der Waals surface area contributed by atoms with Crippen LogP contribution in [0.15, 0.2) is 0 Å². The molecule has 1 fully saturated rings. The second-order valence-corrected chi connectivity index (χ2v) is 7.76. The minimum atomic E-state index is 0.513. The first-order valence-electron chi connectivity index (χ1n) is 8.81. The summed E-state index contributed by atoms with van der Waals surface area (Å²) in [5, 5.41) is 3.71. The predicted octanol–water partition coefficient (Wildman–Crippen LogP) is 4.16. The van der Waals surface area contributed by atoms with Gasteiger partial charge in [0.2, 0.25) is 0 Å². The van der Waals surface area contributed by atoms with Crippen LogP contribution in [0.5, 0.6) is 0 Å². The molecule has 0 aliphatic heterocycles. The van der Waals surface area contributed by atoms with E-state index in [9.17, 15) is 0 Å². The first-order valence-corrected chi connectivity index (χ1v) is 8.81. The summed E-state index contributed by atoms with van der Waals surface area (Å²) < 4.78 is 0. The fourth-order valence-corrected chi connectivity index (χ4v) is 3.48. The molecular formula is C18H38N2. The Morgan fingerprint density at radius 3 is 2.30 bits per heavy atom. The lowest BCUT2D eigenvalue weighted by molar-refractivity contribution is 0.0713. The summed E-state index contributed by atoms with van der Waals surface area (Å²) in [5.74, 6) is 1.67. The van der Waals surface area contributed by atoms with Gasteiger partial charge in [0.15, 0.2) is 0 Å². The Morgan fingerprint density at radius 2 is 1.80 bits per heavy atom. The normalized spacial score (nSPS) is 29.1. The molecule has 2 nitrogen and oxygen atoms in total. The summed E-state index contributed by atoms with van der Waals surface area (Å²) in [7, 11) is 2.32. The third-order valence-corrected chi connectivity index (χ3v) is 5.51. The molecule has 0 aromatic carbocycles. The Bertz CT molecular complexity index is 254. The highest BCUT2D eigenvalue weighted by molar-refractivity contribution is 4.90. The molecule has 1 aliphatic rings. The van der Waals surface area contributed by atoms with Crippen LogP contribution in [0.3, 0.4) is 0 Å². The van der Waals surface area contributed by atoms with Crippen molar-refractivity contribution >= 4 is 0 Å². The van der Waals surface area contributed by atoms with Crippen LogP contribution in [-0.2, 0) is 0 Å². The third kappa shape index (κ3) is 5.37. The minimum absolute atomic E-state index is 0.513. The summed E-state index contributed by atoms with van der Waals surface area (Å²) in [6, 6.07) is 0.678. The van der Waals surface area contributed by atoms with Crippen molar-refractivity contribution in [3.05, 3.63) is 0 Å². The monoisotopic (exact) mass is 282 g/mol. The van der Waals surface area contributed by atoms with E-state index in [-0.39, 0.29) is 0 Å². The molecule has 0 spiro atoms. The molecule has 0 saturated heterocycles. The van der Waals surface area contributed by atoms with E-state index < -0.39 is 0 Å². The van der Waals surface area contributed by atoms with E-state index in [1.807, 2.05) is 0 Å². The zero-order valence-electron chi connectivity index (χ0n) is 14.8. The fraction of sp³-hybridized carbons (Fsp3) is 1.00. The van der Waals surface area contributed by atoms with Crippen LogP contribution in [0.1, 0.15) is 66.7 Å². The second kappa shape index (κ2) is 8.38. The third-order valence-electron chi connectivity index (χ3n) is 5.51. The highest BCUT2D eigenvalue weighted by Gasteiger charge is 2.35. The van der Waals surface area contributed by atoms with Gasteiger partial charge in [-0.25, -0.2) is 0 Å². The van der Waals surface area contributed by atoms with Gasteiger partial charge in [0.1, 0.15) is 0 Å². The van der Waals surface area contributed by atoms with Crippen molar-refractivity contribution in [3.8, 4) is 0 Å². The van der Waals surface area contributed by atoms with Crippen LogP contribution in [0.4, 0.5) is 0 Å². The van der Waals surface area contributed by atoms with Gasteiger partial charge < -0.3 is 10.2 Å². The topological polar surface area (TPSA) is 15.3 Å². The van der Waals surface area contributed by atoms with Crippen molar-refractivity contribution in [1.82, 2.24) is 10.2 Å². The van der Waals surface area contributed by atoms with E-state index in [0.717, 1.165) is 11.8 Å². The molecule has 0 heterocycles. The number of hydrogen-bond acceptors (Lipinski definition) is 2. The Morgan fingerprint density at radius 1 is 1.20 bits per heavy atom. The Kier molecular flexibility index (Phi) is 7.53. The van der Waals surface area contributed by atoms with E-state index in [1.54, 1.807) is 0 Å². The van der Waals surface area contributed by atoms with Gasteiger partial charge in [-0.05, 0) is 57.0 Å². The smallest absolute Gasteiger partial charge is 0.00871 e. The quantitative estimate of drug-likeness (QED) is 0.673. The van der Waals surface area contributed by atoms with Crippen molar-refractivity contribution in [3.63, 3.8) is 0 Å². The van der Waals surface area contributed by atoms with E-state index in [4.69, 9.17) is 0 Å². The fourth-order valence-electron chi connectivity index (χ4n) is 3.48. The SMILES string of the molecule is CCCNCC1(CN(C)C(C)C(C)C)CCC(C)CC1. The van der Waals surface area contributed by atoms with Gasteiger partial charge >= 0.3 is 0 Å². The van der Waals surface area contributed by atoms with Crippen molar-refractivity contribution < 1.29 is 0 Å². The molecule has 0 bridgehead atoms. The summed E-state index contributed by atoms with van der Waals surface area (Å²) in [4.78, 5) is 2.61. The molecule has 20 heavy (non-hydrogen) atoms. The molecule has 1 N–H and O–H groups in total. The van der Waals surface area contributed by atoms with Crippen LogP contribution in [-0.4, -0.2) is 37.6 Å². The summed E-state index contributed by atoms with van der Waals surface area (Å²) in [5.41, 5.74) is 0.513. The van der Waals surface area contributed by atoms with Crippen LogP contribution < -0.4 is 5.32 Å². The number of nitrogens with one attached hydrogen (secondary N) is 1. The lowest BCUT2D eigenvalue weighted by atomic mass is 9.70. The number of nitrogens with zero attached hydrogens (tertiary/aromatic N) is 1. The molecule has 120 valence electrons. The van der Waals surface area contributed by atoms with Crippen LogP contribution in [0, 0.1) is 17.3 Å². The molecule has 0 aromatic heterocycles.